The Bertz CT molecular complexity index is 342. The number of nitrogens with two attached hydrogens (primary N) is 1. The molecular weight excluding hydrogens is 332 g/mol. The van der Waals surface area contributed by atoms with Gasteiger partial charge in [0, 0.05) is 15.0 Å². The van der Waals surface area contributed by atoms with Gasteiger partial charge >= 0.3 is 0 Å². The van der Waals surface area contributed by atoms with E-state index in [-0.39, 0.29) is 6.04 Å². The van der Waals surface area contributed by atoms with Gasteiger partial charge in [-0.2, -0.15) is 0 Å². The van der Waals surface area contributed by atoms with Crippen LogP contribution in [0.25, 0.3) is 0 Å². The maximum absolute atomic E-state index is 5.63. The fourth-order valence-electron chi connectivity index (χ4n) is 1.64. The third-order valence-electron chi connectivity index (χ3n) is 2.87. The van der Waals surface area contributed by atoms with E-state index in [2.05, 4.69) is 63.3 Å². The summed E-state index contributed by atoms with van der Waals surface area (Å²) in [6.45, 7) is 4.45. The van der Waals surface area contributed by atoms with E-state index in [1.807, 2.05) is 6.07 Å². The van der Waals surface area contributed by atoms with Crippen LogP contribution in [0.2, 0.25) is 0 Å². The van der Waals surface area contributed by atoms with Crippen molar-refractivity contribution in [3.63, 3.8) is 0 Å². The van der Waals surface area contributed by atoms with Crippen molar-refractivity contribution >= 4 is 31.9 Å². The molecule has 2 nitrogen and oxygen atoms in total. The Morgan fingerprint density at radius 2 is 2.06 bits per heavy atom. The number of rotatable bonds is 5. The molecule has 16 heavy (non-hydrogen) atoms. The zero-order chi connectivity index (χ0) is 12.1. The summed E-state index contributed by atoms with van der Waals surface area (Å²) in [7, 11) is 0. The zero-order valence-electron chi connectivity index (χ0n) is 9.63. The van der Waals surface area contributed by atoms with E-state index in [0.29, 0.717) is 5.92 Å². The lowest BCUT2D eigenvalue weighted by Gasteiger charge is -2.21. The SMILES string of the molecule is CCC(C)CC(NN)c1ccc(Br)cc1Br. The summed E-state index contributed by atoms with van der Waals surface area (Å²) in [5.41, 5.74) is 4.11. The first-order valence-corrected chi connectivity index (χ1v) is 7.08. The fraction of sp³-hybridized carbons (Fsp3) is 0.500. The van der Waals surface area contributed by atoms with Crippen molar-refractivity contribution in [2.45, 2.75) is 32.7 Å². The number of benzene rings is 1. The summed E-state index contributed by atoms with van der Waals surface area (Å²) >= 11 is 7.03. The second kappa shape index (κ2) is 6.74. The minimum Gasteiger partial charge on any atom is -0.271 e. The number of hydrazine groups is 1. The lowest BCUT2D eigenvalue weighted by atomic mass is 9.95. The van der Waals surface area contributed by atoms with Gasteiger partial charge in [-0.1, -0.05) is 58.2 Å². The van der Waals surface area contributed by atoms with E-state index >= 15 is 0 Å². The second-order valence-corrected chi connectivity index (χ2v) is 5.90. The van der Waals surface area contributed by atoms with Crippen LogP contribution in [-0.2, 0) is 0 Å². The Morgan fingerprint density at radius 1 is 1.38 bits per heavy atom. The first-order chi connectivity index (χ1) is 7.58. The summed E-state index contributed by atoms with van der Waals surface area (Å²) < 4.78 is 2.16. The Labute approximate surface area is 114 Å². The first kappa shape index (κ1) is 14.2. The van der Waals surface area contributed by atoms with E-state index in [9.17, 15) is 0 Å². The van der Waals surface area contributed by atoms with E-state index < -0.39 is 0 Å². The number of nitrogens with one attached hydrogen (secondary N) is 1. The third-order valence-corrected chi connectivity index (χ3v) is 4.05. The molecular formula is C12H18Br2N2. The maximum atomic E-state index is 5.63. The van der Waals surface area contributed by atoms with Gasteiger partial charge < -0.3 is 0 Å². The molecule has 0 aliphatic rings. The van der Waals surface area contributed by atoms with E-state index in [4.69, 9.17) is 5.84 Å². The molecule has 2 unspecified atom stereocenters. The minimum atomic E-state index is 0.206. The lowest BCUT2D eigenvalue weighted by molar-refractivity contribution is 0.407. The van der Waals surface area contributed by atoms with Gasteiger partial charge in [-0.15, -0.1) is 0 Å². The van der Waals surface area contributed by atoms with E-state index in [1.54, 1.807) is 0 Å². The monoisotopic (exact) mass is 348 g/mol. The van der Waals surface area contributed by atoms with Gasteiger partial charge in [-0.05, 0) is 30.0 Å². The molecule has 0 fully saturated rings. The molecule has 0 amide bonds. The van der Waals surface area contributed by atoms with Crippen molar-refractivity contribution in [2.75, 3.05) is 0 Å². The number of hydrogen-bond acceptors (Lipinski definition) is 2. The van der Waals surface area contributed by atoms with Crippen molar-refractivity contribution < 1.29 is 0 Å². The van der Waals surface area contributed by atoms with Crippen LogP contribution in [-0.4, -0.2) is 0 Å². The standard InChI is InChI=1S/C12H18Br2N2/c1-3-8(2)6-12(16-15)10-5-4-9(13)7-11(10)14/h4-5,7-8,12,16H,3,6,15H2,1-2H3. The predicted octanol–water partition coefficient (Wildman–Crippen LogP) is 4.15. The van der Waals surface area contributed by atoms with Crippen LogP contribution in [0.5, 0.6) is 0 Å². The molecule has 0 radical (unpaired) electrons. The third kappa shape index (κ3) is 3.84. The van der Waals surface area contributed by atoms with Crippen LogP contribution in [0.3, 0.4) is 0 Å². The van der Waals surface area contributed by atoms with Crippen molar-refractivity contribution in [3.8, 4) is 0 Å². The van der Waals surface area contributed by atoms with Crippen LogP contribution < -0.4 is 11.3 Å². The predicted molar refractivity (Wildman–Crippen MR) is 76.0 cm³/mol. The van der Waals surface area contributed by atoms with Crippen molar-refractivity contribution in [3.05, 3.63) is 32.7 Å². The molecule has 0 aromatic heterocycles. The smallest absolute Gasteiger partial charge is 0.0473 e. The highest BCUT2D eigenvalue weighted by molar-refractivity contribution is 9.11. The molecule has 2 atom stereocenters. The average Bonchev–Trinajstić information content (AvgIpc) is 2.26. The van der Waals surface area contributed by atoms with Crippen LogP contribution >= 0.6 is 31.9 Å². The highest BCUT2D eigenvalue weighted by atomic mass is 79.9. The van der Waals surface area contributed by atoms with Crippen LogP contribution in [0.15, 0.2) is 27.1 Å². The molecule has 0 bridgehead atoms. The summed E-state index contributed by atoms with van der Waals surface area (Å²) in [5.74, 6) is 6.30. The molecule has 1 aromatic carbocycles. The second-order valence-electron chi connectivity index (χ2n) is 4.13. The van der Waals surface area contributed by atoms with E-state index in [1.165, 1.54) is 12.0 Å². The topological polar surface area (TPSA) is 38.0 Å². The van der Waals surface area contributed by atoms with Gasteiger partial charge in [0.1, 0.15) is 0 Å². The van der Waals surface area contributed by atoms with Gasteiger partial charge in [-0.3, -0.25) is 11.3 Å². The van der Waals surface area contributed by atoms with Gasteiger partial charge in [0.25, 0.3) is 0 Å². The molecule has 0 aliphatic heterocycles. The molecule has 0 saturated heterocycles. The maximum Gasteiger partial charge on any atom is 0.0473 e. The highest BCUT2D eigenvalue weighted by Gasteiger charge is 2.15. The molecule has 0 aliphatic carbocycles. The molecule has 0 saturated carbocycles. The van der Waals surface area contributed by atoms with Crippen molar-refractivity contribution in [1.29, 1.82) is 0 Å². The largest absolute Gasteiger partial charge is 0.271 e. The summed E-state index contributed by atoms with van der Waals surface area (Å²) in [5, 5.41) is 0. The van der Waals surface area contributed by atoms with Gasteiger partial charge in [0.15, 0.2) is 0 Å². The van der Waals surface area contributed by atoms with Crippen LogP contribution in [0.1, 0.15) is 38.3 Å². The number of halogens is 2. The van der Waals surface area contributed by atoms with Gasteiger partial charge in [-0.25, -0.2) is 0 Å². The molecule has 3 N–H and O–H groups in total. The minimum absolute atomic E-state index is 0.206. The molecule has 0 spiro atoms. The summed E-state index contributed by atoms with van der Waals surface area (Å²) in [6, 6.07) is 6.40. The zero-order valence-corrected chi connectivity index (χ0v) is 12.8. The molecule has 1 aromatic rings. The highest BCUT2D eigenvalue weighted by Crippen LogP contribution is 2.30. The Morgan fingerprint density at radius 3 is 2.56 bits per heavy atom. The van der Waals surface area contributed by atoms with Gasteiger partial charge in [0.2, 0.25) is 0 Å². The van der Waals surface area contributed by atoms with Crippen LogP contribution in [0.4, 0.5) is 0 Å². The summed E-state index contributed by atoms with van der Waals surface area (Å²) in [6.07, 6.45) is 2.22. The van der Waals surface area contributed by atoms with Crippen molar-refractivity contribution in [1.82, 2.24) is 5.43 Å². The Kier molecular flexibility index (Phi) is 5.97. The van der Waals surface area contributed by atoms with Crippen LogP contribution in [0, 0.1) is 5.92 Å². The molecule has 1 rings (SSSR count). The Hall–Kier alpha value is 0.1000. The quantitative estimate of drug-likeness (QED) is 0.619. The molecule has 90 valence electrons. The Balaban J connectivity index is 2.86. The number of hydrogen-bond donors (Lipinski definition) is 2. The summed E-state index contributed by atoms with van der Waals surface area (Å²) in [4.78, 5) is 0. The fourth-order valence-corrected chi connectivity index (χ4v) is 2.96. The lowest BCUT2D eigenvalue weighted by Crippen LogP contribution is -2.29. The molecule has 0 heterocycles. The van der Waals surface area contributed by atoms with Crippen molar-refractivity contribution in [2.24, 2.45) is 11.8 Å². The normalized spacial score (nSPS) is 14.8. The molecule has 4 heteroatoms. The average molecular weight is 350 g/mol. The van der Waals surface area contributed by atoms with E-state index in [0.717, 1.165) is 15.4 Å². The van der Waals surface area contributed by atoms with Gasteiger partial charge in [0.05, 0.1) is 0 Å². The first-order valence-electron chi connectivity index (χ1n) is 5.49.